The molecule has 0 unspecified atom stereocenters. The van der Waals surface area contributed by atoms with Gasteiger partial charge >= 0.3 is 11.0 Å². The van der Waals surface area contributed by atoms with E-state index in [2.05, 4.69) is 10.6 Å². The highest BCUT2D eigenvalue weighted by Crippen LogP contribution is 2.34. The highest BCUT2D eigenvalue weighted by atomic mass is 32.1. The van der Waals surface area contributed by atoms with Gasteiger partial charge in [-0.25, -0.2) is 0 Å². The summed E-state index contributed by atoms with van der Waals surface area (Å²) in [5.74, 6) is -0.318. The average Bonchev–Trinajstić information content (AvgIpc) is 2.94. The highest BCUT2D eigenvalue weighted by molar-refractivity contribution is 7.07. The quantitative estimate of drug-likeness (QED) is 0.390. The van der Waals surface area contributed by atoms with Gasteiger partial charge in [-0.2, -0.15) is 13.2 Å². The number of amides is 1. The number of aromatic nitrogens is 1. The lowest BCUT2D eigenvalue weighted by molar-refractivity contribution is -0.384. The molecule has 0 radical (unpaired) electrons. The summed E-state index contributed by atoms with van der Waals surface area (Å²) in [6, 6.07) is 2.19. The maximum absolute atomic E-state index is 12.7. The van der Waals surface area contributed by atoms with Crippen LogP contribution in [0.3, 0.4) is 0 Å². The van der Waals surface area contributed by atoms with Gasteiger partial charge in [-0.1, -0.05) is 11.3 Å². The van der Waals surface area contributed by atoms with Crippen LogP contribution >= 0.6 is 11.3 Å². The number of nitrogens with zero attached hydrogens (tertiary/aromatic N) is 2. The van der Waals surface area contributed by atoms with Gasteiger partial charge in [0.05, 0.1) is 10.5 Å². The summed E-state index contributed by atoms with van der Waals surface area (Å²) in [6.07, 6.45) is -4.60. The number of carbonyl (C=O) groups excluding carboxylic acids is 1. The second-order valence-corrected chi connectivity index (χ2v) is 6.63. The van der Waals surface area contributed by atoms with Crippen LogP contribution < -0.4 is 15.5 Å². The van der Waals surface area contributed by atoms with Crippen molar-refractivity contribution in [2.45, 2.75) is 26.1 Å². The molecule has 0 atom stereocenters. The number of benzene rings is 1. The number of nitrogens with one attached hydrogen (secondary N) is 2. The van der Waals surface area contributed by atoms with Crippen molar-refractivity contribution in [3.8, 4) is 0 Å². The molecule has 0 fully saturated rings. The van der Waals surface area contributed by atoms with Crippen LogP contribution in [0.2, 0.25) is 0 Å². The van der Waals surface area contributed by atoms with E-state index in [4.69, 9.17) is 0 Å². The first-order valence-corrected chi connectivity index (χ1v) is 8.98. The number of nitro groups is 1. The SMILES string of the molecule is Cc1csc(=O)n1CCC(=O)NCCNc1ccc(C(F)(F)F)cc1[N+](=O)[O-]. The molecule has 1 aromatic carbocycles. The van der Waals surface area contributed by atoms with Crippen LogP contribution in [0, 0.1) is 17.0 Å². The van der Waals surface area contributed by atoms with Crippen molar-refractivity contribution in [1.29, 1.82) is 0 Å². The Labute approximate surface area is 161 Å². The zero-order valence-corrected chi connectivity index (χ0v) is 15.5. The maximum atomic E-state index is 12.7. The maximum Gasteiger partial charge on any atom is 0.416 e. The standard InChI is InChI=1S/C16H17F3N4O4S/c1-10-9-28-15(25)22(10)7-4-14(24)21-6-5-20-12-3-2-11(16(17,18)19)8-13(12)23(26)27/h2-3,8-9,20H,4-7H2,1H3,(H,21,24). The Balaban J connectivity index is 1.85. The molecule has 8 nitrogen and oxygen atoms in total. The van der Waals surface area contributed by atoms with Crippen LogP contribution in [0.1, 0.15) is 17.7 Å². The van der Waals surface area contributed by atoms with Crippen molar-refractivity contribution >= 4 is 28.6 Å². The van der Waals surface area contributed by atoms with Gasteiger partial charge in [0, 0.05) is 43.2 Å². The molecule has 152 valence electrons. The molecule has 0 spiro atoms. The van der Waals surface area contributed by atoms with Gasteiger partial charge in [0.25, 0.3) is 5.69 Å². The Hall–Kier alpha value is -2.89. The summed E-state index contributed by atoms with van der Waals surface area (Å²) >= 11 is 1.05. The predicted molar refractivity (Wildman–Crippen MR) is 97.5 cm³/mol. The van der Waals surface area contributed by atoms with Crippen LogP contribution in [0.4, 0.5) is 24.5 Å². The van der Waals surface area contributed by atoms with Crippen molar-refractivity contribution < 1.29 is 22.9 Å². The van der Waals surface area contributed by atoms with Crippen molar-refractivity contribution in [1.82, 2.24) is 9.88 Å². The minimum Gasteiger partial charge on any atom is -0.378 e. The molecule has 2 rings (SSSR count). The Morgan fingerprint density at radius 1 is 1.32 bits per heavy atom. The van der Waals surface area contributed by atoms with E-state index in [9.17, 15) is 32.9 Å². The zero-order valence-electron chi connectivity index (χ0n) is 14.7. The minimum atomic E-state index is -4.68. The fraction of sp³-hybridized carbons (Fsp3) is 0.375. The Morgan fingerprint density at radius 2 is 2.04 bits per heavy atom. The van der Waals surface area contributed by atoms with Gasteiger partial charge in [0.2, 0.25) is 5.91 Å². The fourth-order valence-corrected chi connectivity index (χ4v) is 3.15. The van der Waals surface area contributed by atoms with Crippen LogP contribution in [0.5, 0.6) is 0 Å². The van der Waals surface area contributed by atoms with Crippen molar-refractivity contribution in [2.75, 3.05) is 18.4 Å². The van der Waals surface area contributed by atoms with Crippen molar-refractivity contribution in [3.63, 3.8) is 0 Å². The average molecular weight is 418 g/mol. The molecule has 0 bridgehead atoms. The molecular formula is C16H17F3N4O4S. The molecule has 0 saturated heterocycles. The third-order valence-electron chi connectivity index (χ3n) is 3.82. The van der Waals surface area contributed by atoms with Crippen LogP contribution in [0.15, 0.2) is 28.4 Å². The number of hydrogen-bond acceptors (Lipinski definition) is 6. The molecule has 2 aromatic rings. The lowest BCUT2D eigenvalue weighted by Crippen LogP contribution is -2.30. The number of anilines is 1. The zero-order chi connectivity index (χ0) is 20.9. The molecule has 1 amide bonds. The molecule has 0 aliphatic carbocycles. The third kappa shape index (κ3) is 5.55. The number of nitro benzene ring substituents is 1. The van der Waals surface area contributed by atoms with E-state index in [0.29, 0.717) is 6.07 Å². The van der Waals surface area contributed by atoms with Crippen molar-refractivity contribution in [3.05, 3.63) is 54.6 Å². The molecule has 1 heterocycles. The molecule has 1 aromatic heterocycles. The number of aryl methyl sites for hydroxylation is 1. The van der Waals surface area contributed by atoms with E-state index in [0.717, 1.165) is 29.2 Å². The number of alkyl halides is 3. The fourth-order valence-electron chi connectivity index (χ4n) is 2.38. The molecule has 0 saturated carbocycles. The molecule has 28 heavy (non-hydrogen) atoms. The van der Waals surface area contributed by atoms with E-state index in [1.807, 2.05) is 0 Å². The largest absolute Gasteiger partial charge is 0.416 e. The summed E-state index contributed by atoms with van der Waals surface area (Å²) in [4.78, 5) is 33.3. The number of rotatable bonds is 8. The molecular weight excluding hydrogens is 401 g/mol. The Bertz CT molecular complexity index is 923. The lowest BCUT2D eigenvalue weighted by Gasteiger charge is -2.11. The van der Waals surface area contributed by atoms with Crippen LogP contribution in [-0.2, 0) is 17.5 Å². The summed E-state index contributed by atoms with van der Waals surface area (Å²) in [5.41, 5.74) is -1.13. The summed E-state index contributed by atoms with van der Waals surface area (Å²) < 4.78 is 39.5. The second-order valence-electron chi connectivity index (χ2n) is 5.81. The first kappa shape index (κ1) is 21.4. The van der Waals surface area contributed by atoms with Gasteiger partial charge in [-0.05, 0) is 19.1 Å². The molecule has 12 heteroatoms. The van der Waals surface area contributed by atoms with Crippen LogP contribution in [0.25, 0.3) is 0 Å². The Morgan fingerprint density at radius 3 is 2.61 bits per heavy atom. The van der Waals surface area contributed by atoms with E-state index in [1.54, 1.807) is 12.3 Å². The van der Waals surface area contributed by atoms with Gasteiger partial charge in [0.15, 0.2) is 0 Å². The third-order valence-corrected chi connectivity index (χ3v) is 4.70. The summed E-state index contributed by atoms with van der Waals surface area (Å²) in [7, 11) is 0. The Kier molecular flexibility index (Phi) is 6.78. The topological polar surface area (TPSA) is 106 Å². The van der Waals surface area contributed by atoms with Gasteiger partial charge in [-0.15, -0.1) is 0 Å². The highest BCUT2D eigenvalue weighted by Gasteiger charge is 2.32. The number of halogens is 3. The van der Waals surface area contributed by atoms with Gasteiger partial charge in [0.1, 0.15) is 5.69 Å². The second kappa shape index (κ2) is 8.87. The number of carbonyl (C=O) groups is 1. The first-order chi connectivity index (χ1) is 13.1. The van der Waals surface area contributed by atoms with Crippen LogP contribution in [-0.4, -0.2) is 28.5 Å². The monoisotopic (exact) mass is 418 g/mol. The van der Waals surface area contributed by atoms with Gasteiger partial charge in [-0.3, -0.25) is 19.7 Å². The number of hydrogen-bond donors (Lipinski definition) is 2. The summed E-state index contributed by atoms with van der Waals surface area (Å²) in [6.45, 7) is 2.18. The molecule has 2 N–H and O–H groups in total. The molecule has 0 aliphatic rings. The minimum absolute atomic E-state index is 0.0762. The normalized spacial score (nSPS) is 11.3. The molecule has 0 aliphatic heterocycles. The lowest BCUT2D eigenvalue weighted by atomic mass is 10.1. The predicted octanol–water partition coefficient (Wildman–Crippen LogP) is 2.76. The first-order valence-electron chi connectivity index (χ1n) is 8.10. The van der Waals surface area contributed by atoms with E-state index in [-0.39, 0.29) is 42.5 Å². The van der Waals surface area contributed by atoms with E-state index >= 15 is 0 Å². The number of thiazole rings is 1. The van der Waals surface area contributed by atoms with E-state index in [1.165, 1.54) is 4.57 Å². The van der Waals surface area contributed by atoms with Crippen molar-refractivity contribution in [2.24, 2.45) is 0 Å². The van der Waals surface area contributed by atoms with Gasteiger partial charge < -0.3 is 15.2 Å². The smallest absolute Gasteiger partial charge is 0.378 e. The van der Waals surface area contributed by atoms with E-state index < -0.39 is 22.4 Å². The summed E-state index contributed by atoms with van der Waals surface area (Å²) in [5, 5.41) is 17.9.